The van der Waals surface area contributed by atoms with Crippen LogP contribution in [0.3, 0.4) is 0 Å². The molecular formula is C28H29ClN2O4. The van der Waals surface area contributed by atoms with Crippen LogP contribution in [-0.4, -0.2) is 35.4 Å². The number of aromatic nitrogens is 1. The van der Waals surface area contributed by atoms with E-state index in [0.717, 1.165) is 42.5 Å². The Morgan fingerprint density at radius 3 is 2.54 bits per heavy atom. The van der Waals surface area contributed by atoms with Crippen molar-refractivity contribution in [3.63, 3.8) is 0 Å². The van der Waals surface area contributed by atoms with Gasteiger partial charge in [0.05, 0.1) is 19.2 Å². The zero-order valence-corrected chi connectivity index (χ0v) is 20.7. The Balaban J connectivity index is 1.69. The van der Waals surface area contributed by atoms with Crippen molar-refractivity contribution in [2.45, 2.75) is 45.1 Å². The van der Waals surface area contributed by atoms with Crippen LogP contribution in [0.25, 0.3) is 11.3 Å². The maximum absolute atomic E-state index is 13.4. The zero-order valence-electron chi connectivity index (χ0n) is 20.0. The number of benzene rings is 2. The number of pyridine rings is 1. The summed E-state index contributed by atoms with van der Waals surface area (Å²) in [6, 6.07) is 15.9. The van der Waals surface area contributed by atoms with Crippen LogP contribution >= 0.6 is 11.6 Å². The second-order valence-corrected chi connectivity index (χ2v) is 9.34. The van der Waals surface area contributed by atoms with E-state index in [9.17, 15) is 14.4 Å². The number of fused-ring (bicyclic) bond motifs is 1. The van der Waals surface area contributed by atoms with Crippen molar-refractivity contribution in [1.82, 2.24) is 9.88 Å². The lowest BCUT2D eigenvalue weighted by atomic mass is 9.85. The topological polar surface area (TPSA) is 79.5 Å². The molecule has 1 aromatic heterocycles. The monoisotopic (exact) mass is 492 g/mol. The van der Waals surface area contributed by atoms with E-state index in [1.165, 1.54) is 7.11 Å². The number of nitrogens with zero attached hydrogens (tertiary/aromatic N) is 1. The van der Waals surface area contributed by atoms with Gasteiger partial charge in [-0.15, -0.1) is 0 Å². The van der Waals surface area contributed by atoms with Gasteiger partial charge in [0.15, 0.2) is 0 Å². The summed E-state index contributed by atoms with van der Waals surface area (Å²) in [5, 5.41) is 0.636. The van der Waals surface area contributed by atoms with Crippen molar-refractivity contribution in [3.05, 3.63) is 92.2 Å². The number of halogens is 1. The first kappa shape index (κ1) is 24.7. The number of amides is 1. The predicted octanol–water partition coefficient (Wildman–Crippen LogP) is 5.80. The molecule has 0 fully saturated rings. The molecule has 0 saturated carbocycles. The maximum atomic E-state index is 13.4. The second-order valence-electron chi connectivity index (χ2n) is 8.90. The second kappa shape index (κ2) is 10.9. The van der Waals surface area contributed by atoms with Crippen LogP contribution in [0.4, 0.5) is 0 Å². The van der Waals surface area contributed by atoms with Crippen molar-refractivity contribution in [2.75, 3.05) is 13.7 Å². The van der Waals surface area contributed by atoms with Gasteiger partial charge in [-0.25, -0.2) is 4.79 Å². The summed E-state index contributed by atoms with van der Waals surface area (Å²) in [6.45, 7) is 2.89. The number of aromatic amines is 1. The lowest BCUT2D eigenvalue weighted by Crippen LogP contribution is -2.41. The quantitative estimate of drug-likeness (QED) is 0.334. The van der Waals surface area contributed by atoms with Gasteiger partial charge in [0.2, 0.25) is 0 Å². The van der Waals surface area contributed by atoms with Gasteiger partial charge in [-0.05, 0) is 53.9 Å². The Labute approximate surface area is 209 Å². The van der Waals surface area contributed by atoms with Crippen LogP contribution < -0.4 is 5.56 Å². The summed E-state index contributed by atoms with van der Waals surface area (Å²) in [5.41, 5.74) is 3.79. The molecule has 7 heteroatoms. The number of unbranched alkanes of at least 4 members (excludes halogenated alkanes) is 2. The van der Waals surface area contributed by atoms with Gasteiger partial charge in [-0.1, -0.05) is 56.0 Å². The summed E-state index contributed by atoms with van der Waals surface area (Å²) in [5.74, 6) is -0.651. The fourth-order valence-electron chi connectivity index (χ4n) is 4.66. The van der Waals surface area contributed by atoms with Gasteiger partial charge in [-0.3, -0.25) is 9.59 Å². The number of rotatable bonds is 7. The van der Waals surface area contributed by atoms with E-state index >= 15 is 0 Å². The smallest absolute Gasteiger partial charge is 0.337 e. The Kier molecular flexibility index (Phi) is 7.71. The fourth-order valence-corrected chi connectivity index (χ4v) is 4.79. The van der Waals surface area contributed by atoms with Crippen molar-refractivity contribution < 1.29 is 14.3 Å². The van der Waals surface area contributed by atoms with E-state index < -0.39 is 5.97 Å². The number of carbonyl (C=O) groups excluding carboxylic acids is 2. The van der Waals surface area contributed by atoms with Crippen LogP contribution in [-0.2, 0) is 11.3 Å². The highest BCUT2D eigenvalue weighted by atomic mass is 35.5. The first-order chi connectivity index (χ1) is 16.9. The van der Waals surface area contributed by atoms with Gasteiger partial charge in [0, 0.05) is 34.3 Å². The molecule has 3 aromatic rings. The van der Waals surface area contributed by atoms with E-state index in [1.54, 1.807) is 41.3 Å². The van der Waals surface area contributed by atoms with Crippen molar-refractivity contribution in [2.24, 2.45) is 0 Å². The van der Waals surface area contributed by atoms with E-state index in [-0.39, 0.29) is 23.9 Å². The highest BCUT2D eigenvalue weighted by Gasteiger charge is 2.31. The van der Waals surface area contributed by atoms with E-state index in [4.69, 9.17) is 16.3 Å². The molecule has 182 valence electrons. The summed E-state index contributed by atoms with van der Waals surface area (Å²) in [4.78, 5) is 43.3. The molecule has 1 atom stereocenters. The van der Waals surface area contributed by atoms with Crippen LogP contribution in [0.1, 0.15) is 70.4 Å². The zero-order chi connectivity index (χ0) is 24.9. The molecule has 0 aliphatic carbocycles. The van der Waals surface area contributed by atoms with Crippen molar-refractivity contribution in [1.29, 1.82) is 0 Å². The average molecular weight is 493 g/mol. The Hall–Kier alpha value is -3.38. The molecule has 0 saturated heterocycles. The number of methoxy groups -OCH3 is 1. The molecule has 1 unspecified atom stereocenters. The van der Waals surface area contributed by atoms with Crippen LogP contribution in [0, 0.1) is 0 Å². The highest BCUT2D eigenvalue weighted by molar-refractivity contribution is 6.30. The molecule has 1 N–H and O–H groups in total. The number of nitrogens with one attached hydrogen (secondary N) is 1. The fraction of sp³-hybridized carbons (Fsp3) is 0.321. The van der Waals surface area contributed by atoms with E-state index in [0.29, 0.717) is 28.3 Å². The molecule has 2 aromatic carbocycles. The molecule has 6 nitrogen and oxygen atoms in total. The third-order valence-electron chi connectivity index (χ3n) is 6.53. The number of carbonyl (C=O) groups is 2. The average Bonchev–Trinajstić information content (AvgIpc) is 2.88. The molecule has 1 aliphatic rings. The highest BCUT2D eigenvalue weighted by Crippen LogP contribution is 2.33. The number of ether oxygens (including phenoxy) is 1. The molecule has 4 rings (SSSR count). The molecule has 1 amide bonds. The van der Waals surface area contributed by atoms with Crippen LogP contribution in [0.15, 0.2) is 59.4 Å². The standard InChI is InChI=1S/C28H29ClN2O4/c1-3-4-5-7-21-16-31(27(33)19-8-6-9-20(14-19)28(34)35-2)17-24-23(21)15-25(30-26(24)32)18-10-12-22(29)13-11-18/h6,8-15,21H,3-5,7,16-17H2,1-2H3,(H,30,32). The van der Waals surface area contributed by atoms with Crippen molar-refractivity contribution in [3.8, 4) is 11.3 Å². The maximum Gasteiger partial charge on any atom is 0.337 e. The molecule has 1 aliphatic heterocycles. The first-order valence-corrected chi connectivity index (χ1v) is 12.3. The summed E-state index contributed by atoms with van der Waals surface area (Å²) >= 11 is 6.04. The van der Waals surface area contributed by atoms with Gasteiger partial charge in [0.1, 0.15) is 0 Å². The molecule has 0 bridgehead atoms. The summed E-state index contributed by atoms with van der Waals surface area (Å²) in [6.07, 6.45) is 4.09. The summed E-state index contributed by atoms with van der Waals surface area (Å²) in [7, 11) is 1.31. The van der Waals surface area contributed by atoms with Crippen LogP contribution in [0.2, 0.25) is 5.02 Å². The first-order valence-electron chi connectivity index (χ1n) is 11.9. The summed E-state index contributed by atoms with van der Waals surface area (Å²) < 4.78 is 4.79. The Bertz CT molecular complexity index is 1280. The lowest BCUT2D eigenvalue weighted by Gasteiger charge is -2.35. The van der Waals surface area contributed by atoms with E-state index in [2.05, 4.69) is 18.0 Å². The van der Waals surface area contributed by atoms with E-state index in [1.807, 2.05) is 12.1 Å². The lowest BCUT2D eigenvalue weighted by molar-refractivity contribution is 0.0600. The largest absolute Gasteiger partial charge is 0.465 e. The number of hydrogen-bond acceptors (Lipinski definition) is 4. The number of hydrogen-bond donors (Lipinski definition) is 1. The minimum absolute atomic E-state index is 0.0476. The number of H-pyrrole nitrogens is 1. The van der Waals surface area contributed by atoms with Crippen molar-refractivity contribution >= 4 is 23.5 Å². The predicted molar refractivity (Wildman–Crippen MR) is 137 cm³/mol. The molecule has 0 spiro atoms. The molecular weight excluding hydrogens is 464 g/mol. The minimum atomic E-state index is -0.493. The molecule has 0 radical (unpaired) electrons. The normalized spacial score (nSPS) is 14.9. The third-order valence-corrected chi connectivity index (χ3v) is 6.78. The third kappa shape index (κ3) is 5.49. The van der Waals surface area contributed by atoms with Crippen LogP contribution in [0.5, 0.6) is 0 Å². The van der Waals surface area contributed by atoms with Gasteiger partial charge >= 0.3 is 5.97 Å². The molecule has 2 heterocycles. The van der Waals surface area contributed by atoms with Gasteiger partial charge in [-0.2, -0.15) is 0 Å². The van der Waals surface area contributed by atoms with Gasteiger partial charge in [0.25, 0.3) is 11.5 Å². The molecule has 35 heavy (non-hydrogen) atoms. The minimum Gasteiger partial charge on any atom is -0.465 e. The Morgan fingerprint density at radius 1 is 1.09 bits per heavy atom. The van der Waals surface area contributed by atoms with Gasteiger partial charge < -0.3 is 14.6 Å². The number of esters is 1. The Morgan fingerprint density at radius 2 is 1.83 bits per heavy atom. The SMILES string of the molecule is CCCCCC1CN(C(=O)c2cccc(C(=O)OC)c2)Cc2c1cc(-c1ccc(Cl)cc1)[nH]c2=O.